The minimum Gasteiger partial charge on any atom is -0.395 e. The molecule has 0 aliphatic rings. The highest BCUT2D eigenvalue weighted by molar-refractivity contribution is 8.13. The fourth-order valence-corrected chi connectivity index (χ4v) is 1.11. The molecule has 0 aromatic carbocycles. The van der Waals surface area contributed by atoms with Crippen LogP contribution in [-0.4, -0.2) is 41.6 Å². The minimum atomic E-state index is 0.0709. The number of aliphatic hydroxyl groups excluding tert-OH is 1. The van der Waals surface area contributed by atoms with Crippen molar-refractivity contribution in [2.45, 2.75) is 0 Å². The number of aliphatic hydroxyl groups is 1. The third kappa shape index (κ3) is 3.86. The van der Waals surface area contributed by atoms with Crippen molar-refractivity contribution in [3.05, 3.63) is 0 Å². The van der Waals surface area contributed by atoms with Crippen LogP contribution < -0.4 is 0 Å². The second kappa shape index (κ2) is 6.01. The molecule has 0 heterocycles. The molecule has 0 aromatic heterocycles. The van der Waals surface area contributed by atoms with Gasteiger partial charge in [-0.3, -0.25) is 0 Å². The van der Waals surface area contributed by atoms with Crippen molar-refractivity contribution in [1.82, 2.24) is 4.90 Å². The summed E-state index contributed by atoms with van der Waals surface area (Å²) in [5, 5.41) is 17.4. The van der Waals surface area contributed by atoms with E-state index in [0.29, 0.717) is 11.7 Å². The number of nitrogens with zero attached hydrogens (tertiary/aromatic N) is 3. The normalized spacial score (nSPS) is 10.9. The molecular weight excluding hydrogens is 162 g/mol. The van der Waals surface area contributed by atoms with E-state index in [1.54, 1.807) is 18.1 Å². The Morgan fingerprint density at radius 1 is 1.82 bits per heavy atom. The Hall–Kier alpha value is -0.730. The van der Waals surface area contributed by atoms with Crippen LogP contribution in [0.3, 0.4) is 0 Å². The first-order valence-corrected chi connectivity index (χ1v) is 4.31. The largest absolute Gasteiger partial charge is 0.395 e. The van der Waals surface area contributed by atoms with Crippen molar-refractivity contribution in [2.75, 3.05) is 26.5 Å². The van der Waals surface area contributed by atoms with Gasteiger partial charge in [-0.2, -0.15) is 5.26 Å². The highest BCUT2D eigenvalue weighted by Gasteiger charge is 2.02. The Morgan fingerprint density at radius 2 is 2.45 bits per heavy atom. The number of thioether (sulfide) groups is 1. The van der Waals surface area contributed by atoms with Gasteiger partial charge in [-0.15, -0.1) is 4.99 Å². The Balaban J connectivity index is 4.05. The van der Waals surface area contributed by atoms with Gasteiger partial charge in [0.15, 0.2) is 5.17 Å². The summed E-state index contributed by atoms with van der Waals surface area (Å²) in [6, 6.07) is 0. The molecule has 0 atom stereocenters. The maximum Gasteiger partial charge on any atom is 0.208 e. The molecule has 4 nitrogen and oxygen atoms in total. The zero-order valence-corrected chi connectivity index (χ0v) is 7.43. The van der Waals surface area contributed by atoms with E-state index in [1.807, 2.05) is 6.26 Å². The van der Waals surface area contributed by atoms with Gasteiger partial charge in [-0.25, -0.2) is 0 Å². The van der Waals surface area contributed by atoms with E-state index in [9.17, 15) is 0 Å². The van der Waals surface area contributed by atoms with Crippen LogP contribution >= 0.6 is 11.8 Å². The average Bonchev–Trinajstić information content (AvgIpc) is 2.00. The molecule has 5 heteroatoms. The second-order valence-corrected chi connectivity index (χ2v) is 2.62. The molecule has 0 fully saturated rings. The Kier molecular flexibility index (Phi) is 5.61. The van der Waals surface area contributed by atoms with Gasteiger partial charge in [0.25, 0.3) is 0 Å². The maximum absolute atomic E-state index is 8.56. The van der Waals surface area contributed by atoms with E-state index in [1.165, 1.54) is 11.8 Å². The van der Waals surface area contributed by atoms with E-state index in [0.717, 1.165) is 0 Å². The first-order chi connectivity index (χ1) is 5.26. The van der Waals surface area contributed by atoms with Crippen molar-refractivity contribution in [3.63, 3.8) is 0 Å². The molecule has 0 radical (unpaired) electrons. The number of aliphatic imine (C=N–C) groups is 1. The fraction of sp³-hybridized carbons (Fsp3) is 0.667. The molecule has 0 unspecified atom stereocenters. The summed E-state index contributed by atoms with van der Waals surface area (Å²) in [6.07, 6.45) is 3.54. The summed E-state index contributed by atoms with van der Waals surface area (Å²) in [6.45, 7) is 0.572. The zero-order chi connectivity index (χ0) is 8.69. The van der Waals surface area contributed by atoms with E-state index in [2.05, 4.69) is 4.99 Å². The molecule has 11 heavy (non-hydrogen) atoms. The number of hydrogen-bond donors (Lipinski definition) is 1. The second-order valence-electron chi connectivity index (χ2n) is 1.84. The van der Waals surface area contributed by atoms with Crippen LogP contribution in [0.25, 0.3) is 0 Å². The topological polar surface area (TPSA) is 59.6 Å². The summed E-state index contributed by atoms with van der Waals surface area (Å²) >= 11 is 1.38. The lowest BCUT2D eigenvalue weighted by molar-refractivity contribution is 0.265. The number of likely N-dealkylation sites (N-methyl/N-ethyl adjacent to an activating group) is 1. The van der Waals surface area contributed by atoms with E-state index in [-0.39, 0.29) is 6.61 Å². The van der Waals surface area contributed by atoms with Crippen LogP contribution in [0.4, 0.5) is 0 Å². The third-order valence-corrected chi connectivity index (χ3v) is 1.86. The first-order valence-electron chi connectivity index (χ1n) is 3.09. The van der Waals surface area contributed by atoms with Gasteiger partial charge >= 0.3 is 0 Å². The monoisotopic (exact) mass is 173 g/mol. The van der Waals surface area contributed by atoms with Crippen molar-refractivity contribution >= 4 is 16.9 Å². The summed E-state index contributed by atoms with van der Waals surface area (Å²) < 4.78 is 0. The van der Waals surface area contributed by atoms with Crippen molar-refractivity contribution < 1.29 is 5.11 Å². The van der Waals surface area contributed by atoms with Gasteiger partial charge in [0.1, 0.15) is 0 Å². The Bertz CT molecular complexity index is 175. The molecule has 0 aliphatic carbocycles. The standard InChI is InChI=1S/C6H11N3OS/c1-9(3-4-10)6(11-2)8-5-7/h10H,3-4H2,1-2H3. The molecule has 0 aromatic rings. The van der Waals surface area contributed by atoms with Gasteiger partial charge in [0, 0.05) is 13.6 Å². The van der Waals surface area contributed by atoms with Gasteiger partial charge in [-0.1, -0.05) is 11.8 Å². The van der Waals surface area contributed by atoms with Crippen LogP contribution in [0.5, 0.6) is 0 Å². The van der Waals surface area contributed by atoms with Crippen LogP contribution in [0.1, 0.15) is 0 Å². The highest BCUT2D eigenvalue weighted by atomic mass is 32.2. The zero-order valence-electron chi connectivity index (χ0n) is 6.61. The summed E-state index contributed by atoms with van der Waals surface area (Å²) in [5.74, 6) is 0. The van der Waals surface area contributed by atoms with E-state index >= 15 is 0 Å². The van der Waals surface area contributed by atoms with Crippen LogP contribution in [0, 0.1) is 11.5 Å². The minimum absolute atomic E-state index is 0.0709. The lowest BCUT2D eigenvalue weighted by atomic mass is 10.6. The van der Waals surface area contributed by atoms with Crippen molar-refractivity contribution in [1.29, 1.82) is 5.26 Å². The molecule has 0 aliphatic heterocycles. The van der Waals surface area contributed by atoms with Crippen LogP contribution in [0.2, 0.25) is 0 Å². The van der Waals surface area contributed by atoms with Crippen molar-refractivity contribution in [2.24, 2.45) is 4.99 Å². The predicted octanol–water partition coefficient (Wildman–Crippen LogP) is 0.111. The highest BCUT2D eigenvalue weighted by Crippen LogP contribution is 2.01. The van der Waals surface area contributed by atoms with Gasteiger partial charge < -0.3 is 10.0 Å². The van der Waals surface area contributed by atoms with Crippen LogP contribution in [-0.2, 0) is 0 Å². The lowest BCUT2D eigenvalue weighted by Gasteiger charge is -2.16. The molecule has 0 rings (SSSR count). The molecule has 0 amide bonds. The SMILES string of the molecule is CSC(=NC#N)N(C)CCO. The smallest absolute Gasteiger partial charge is 0.208 e. The lowest BCUT2D eigenvalue weighted by Crippen LogP contribution is -2.26. The van der Waals surface area contributed by atoms with E-state index in [4.69, 9.17) is 10.4 Å². The van der Waals surface area contributed by atoms with Gasteiger partial charge in [0.2, 0.25) is 6.19 Å². The molecule has 0 bridgehead atoms. The number of rotatable bonds is 2. The summed E-state index contributed by atoms with van der Waals surface area (Å²) in [7, 11) is 1.78. The first kappa shape index (κ1) is 10.3. The summed E-state index contributed by atoms with van der Waals surface area (Å²) in [4.78, 5) is 5.29. The van der Waals surface area contributed by atoms with Crippen LogP contribution in [0.15, 0.2) is 4.99 Å². The Labute approximate surface area is 70.5 Å². The molecule has 1 N–H and O–H groups in total. The van der Waals surface area contributed by atoms with Gasteiger partial charge in [0.05, 0.1) is 6.61 Å². The quantitative estimate of drug-likeness (QED) is 0.366. The fourth-order valence-electron chi connectivity index (χ4n) is 0.575. The third-order valence-electron chi connectivity index (χ3n) is 1.09. The molecule has 62 valence electrons. The summed E-state index contributed by atoms with van der Waals surface area (Å²) in [5.41, 5.74) is 0. The maximum atomic E-state index is 8.56. The number of hydrogen-bond acceptors (Lipinski definition) is 4. The molecule has 0 spiro atoms. The van der Waals surface area contributed by atoms with Gasteiger partial charge in [-0.05, 0) is 6.26 Å². The Morgan fingerprint density at radius 3 is 2.82 bits per heavy atom. The molecule has 0 saturated heterocycles. The molecule has 0 saturated carbocycles. The number of nitriles is 1. The predicted molar refractivity (Wildman–Crippen MR) is 46.3 cm³/mol. The van der Waals surface area contributed by atoms with E-state index < -0.39 is 0 Å². The molecular formula is C6H11N3OS. The number of amidine groups is 1. The average molecular weight is 173 g/mol. The van der Waals surface area contributed by atoms with Crippen molar-refractivity contribution in [3.8, 4) is 6.19 Å².